The number of nitrogens with zero attached hydrogens (tertiary/aromatic N) is 1. The summed E-state index contributed by atoms with van der Waals surface area (Å²) in [6.45, 7) is 0. The summed E-state index contributed by atoms with van der Waals surface area (Å²) in [5.41, 5.74) is 7.23. The van der Waals surface area contributed by atoms with Crippen LogP contribution in [-0.2, 0) is 4.79 Å². The Morgan fingerprint density at radius 1 is 1.19 bits per heavy atom. The smallest absolute Gasteiger partial charge is 0.256 e. The number of nitrogens with one attached hydrogen (secondary N) is 1. The summed E-state index contributed by atoms with van der Waals surface area (Å²) < 4.78 is 5.83. The van der Waals surface area contributed by atoms with Crippen molar-refractivity contribution in [2.45, 2.75) is 4.34 Å². The molecule has 138 valence electrons. The van der Waals surface area contributed by atoms with Crippen molar-refractivity contribution >= 4 is 39.9 Å². The van der Waals surface area contributed by atoms with Crippen molar-refractivity contribution in [2.75, 3.05) is 18.2 Å². The van der Waals surface area contributed by atoms with Crippen molar-refractivity contribution < 1.29 is 14.3 Å². The van der Waals surface area contributed by atoms with E-state index in [1.54, 1.807) is 31.4 Å². The third kappa shape index (κ3) is 4.87. The number of methoxy groups -OCH3 is 1. The number of carbonyl (C=O) groups is 2. The van der Waals surface area contributed by atoms with Crippen LogP contribution in [-0.4, -0.2) is 29.7 Å². The first kappa shape index (κ1) is 18.9. The van der Waals surface area contributed by atoms with Crippen LogP contribution in [0.15, 0.2) is 58.9 Å². The lowest BCUT2D eigenvalue weighted by Crippen LogP contribution is -2.12. The Bertz CT molecular complexity index is 958. The summed E-state index contributed by atoms with van der Waals surface area (Å²) in [7, 11) is 1.55. The minimum atomic E-state index is -0.418. The fourth-order valence-corrected chi connectivity index (χ4v) is 4.11. The van der Waals surface area contributed by atoms with Crippen LogP contribution in [0.1, 0.15) is 10.4 Å². The second-order valence-corrected chi connectivity index (χ2v) is 7.69. The number of benzene rings is 2. The monoisotopic (exact) mass is 399 g/mol. The van der Waals surface area contributed by atoms with Gasteiger partial charge in [0.2, 0.25) is 5.91 Å². The predicted molar refractivity (Wildman–Crippen MR) is 108 cm³/mol. The first-order chi connectivity index (χ1) is 13.1. The molecule has 0 fully saturated rings. The van der Waals surface area contributed by atoms with Gasteiger partial charge < -0.3 is 15.8 Å². The number of aromatic nitrogens is 1. The van der Waals surface area contributed by atoms with E-state index in [9.17, 15) is 9.59 Å². The molecular formula is C19H17N3O3S2. The second kappa shape index (κ2) is 8.70. The quantitative estimate of drug-likeness (QED) is 0.592. The van der Waals surface area contributed by atoms with Crippen molar-refractivity contribution in [2.24, 2.45) is 5.73 Å². The van der Waals surface area contributed by atoms with Crippen LogP contribution in [0.3, 0.4) is 0 Å². The van der Waals surface area contributed by atoms with E-state index in [1.165, 1.54) is 23.1 Å². The molecule has 1 heterocycles. The van der Waals surface area contributed by atoms with Gasteiger partial charge in [0.25, 0.3) is 5.91 Å². The number of amides is 2. The van der Waals surface area contributed by atoms with Crippen molar-refractivity contribution in [1.29, 1.82) is 0 Å². The standard InChI is InChI=1S/C19H17N3O3S2/c1-25-14-9-5-8-13(10-14)17(24)22-18-16(12-6-3-2-4-7-12)21-19(27-18)26-11-15(20)23/h2-10H,11H2,1H3,(H2,20,23)(H,22,24). The molecule has 0 aliphatic rings. The minimum Gasteiger partial charge on any atom is -0.497 e. The molecule has 0 saturated carbocycles. The predicted octanol–water partition coefficient (Wildman–Crippen LogP) is 3.65. The zero-order valence-corrected chi connectivity index (χ0v) is 16.1. The van der Waals surface area contributed by atoms with E-state index in [4.69, 9.17) is 10.5 Å². The molecule has 3 aromatic rings. The number of hydrogen-bond acceptors (Lipinski definition) is 6. The van der Waals surface area contributed by atoms with E-state index in [0.717, 1.165) is 5.56 Å². The molecule has 1 aromatic heterocycles. The zero-order valence-electron chi connectivity index (χ0n) is 14.5. The van der Waals surface area contributed by atoms with E-state index in [1.807, 2.05) is 30.3 Å². The fraction of sp³-hybridized carbons (Fsp3) is 0.105. The van der Waals surface area contributed by atoms with Crippen LogP contribution in [0, 0.1) is 0 Å². The Kier molecular flexibility index (Phi) is 6.10. The molecule has 3 rings (SSSR count). The molecule has 2 amide bonds. The van der Waals surface area contributed by atoms with Gasteiger partial charge in [-0.05, 0) is 18.2 Å². The first-order valence-electron chi connectivity index (χ1n) is 7.99. The number of thiazole rings is 1. The highest BCUT2D eigenvalue weighted by molar-refractivity contribution is 8.01. The maximum absolute atomic E-state index is 12.7. The molecule has 0 aliphatic carbocycles. The Morgan fingerprint density at radius 3 is 2.67 bits per heavy atom. The Hall–Kier alpha value is -2.84. The average Bonchev–Trinajstić information content (AvgIpc) is 3.09. The largest absolute Gasteiger partial charge is 0.497 e. The molecule has 0 spiro atoms. The number of primary amides is 1. The van der Waals surface area contributed by atoms with Gasteiger partial charge >= 0.3 is 0 Å². The molecule has 0 radical (unpaired) electrons. The van der Waals surface area contributed by atoms with Gasteiger partial charge in [0, 0.05) is 11.1 Å². The molecule has 27 heavy (non-hydrogen) atoms. The maximum atomic E-state index is 12.7. The number of rotatable bonds is 7. The highest BCUT2D eigenvalue weighted by Crippen LogP contribution is 2.37. The normalized spacial score (nSPS) is 10.4. The third-order valence-corrected chi connectivity index (χ3v) is 5.69. The summed E-state index contributed by atoms with van der Waals surface area (Å²) in [5.74, 6) is 0.0536. The molecule has 0 atom stereocenters. The van der Waals surface area contributed by atoms with Gasteiger partial charge in [-0.15, -0.1) is 0 Å². The van der Waals surface area contributed by atoms with Gasteiger partial charge in [0.05, 0.1) is 12.9 Å². The van der Waals surface area contributed by atoms with E-state index in [0.29, 0.717) is 26.3 Å². The minimum absolute atomic E-state index is 0.130. The number of ether oxygens (including phenoxy) is 1. The van der Waals surface area contributed by atoms with Crippen LogP contribution in [0.2, 0.25) is 0 Å². The molecule has 3 N–H and O–H groups in total. The number of anilines is 1. The van der Waals surface area contributed by atoms with Crippen molar-refractivity contribution in [1.82, 2.24) is 4.98 Å². The van der Waals surface area contributed by atoms with Gasteiger partial charge in [-0.2, -0.15) is 0 Å². The van der Waals surface area contributed by atoms with E-state index >= 15 is 0 Å². The second-order valence-electron chi connectivity index (χ2n) is 5.46. The third-order valence-electron chi connectivity index (χ3n) is 3.55. The lowest BCUT2D eigenvalue weighted by molar-refractivity contribution is -0.115. The van der Waals surface area contributed by atoms with Gasteiger partial charge in [-0.25, -0.2) is 4.98 Å². The number of carbonyl (C=O) groups excluding carboxylic acids is 2. The molecule has 0 unspecified atom stereocenters. The summed E-state index contributed by atoms with van der Waals surface area (Å²) in [6.07, 6.45) is 0. The molecule has 6 nitrogen and oxygen atoms in total. The number of thioether (sulfide) groups is 1. The summed E-state index contributed by atoms with van der Waals surface area (Å²) in [5, 5.41) is 3.53. The maximum Gasteiger partial charge on any atom is 0.256 e. The SMILES string of the molecule is COc1cccc(C(=O)Nc2sc(SCC(N)=O)nc2-c2ccccc2)c1. The van der Waals surface area contributed by atoms with Crippen LogP contribution in [0.4, 0.5) is 5.00 Å². The average molecular weight is 399 g/mol. The number of hydrogen-bond donors (Lipinski definition) is 2. The van der Waals surface area contributed by atoms with Gasteiger partial charge in [-0.3, -0.25) is 9.59 Å². The van der Waals surface area contributed by atoms with E-state index < -0.39 is 5.91 Å². The van der Waals surface area contributed by atoms with Crippen molar-refractivity contribution in [3.8, 4) is 17.0 Å². The lowest BCUT2D eigenvalue weighted by atomic mass is 10.1. The summed E-state index contributed by atoms with van der Waals surface area (Å²) in [4.78, 5) is 28.3. The van der Waals surface area contributed by atoms with Crippen molar-refractivity contribution in [3.05, 3.63) is 60.2 Å². The first-order valence-corrected chi connectivity index (χ1v) is 9.80. The van der Waals surface area contributed by atoms with Crippen molar-refractivity contribution in [3.63, 3.8) is 0 Å². The van der Waals surface area contributed by atoms with E-state index in [2.05, 4.69) is 10.3 Å². The lowest BCUT2D eigenvalue weighted by Gasteiger charge is -2.06. The fourth-order valence-electron chi connectivity index (χ4n) is 2.31. The summed E-state index contributed by atoms with van der Waals surface area (Å²) in [6, 6.07) is 16.5. The molecule has 0 bridgehead atoms. The topological polar surface area (TPSA) is 94.3 Å². The Morgan fingerprint density at radius 2 is 1.96 bits per heavy atom. The van der Waals surface area contributed by atoms with Crippen LogP contribution in [0.5, 0.6) is 5.75 Å². The van der Waals surface area contributed by atoms with Gasteiger partial charge in [0.1, 0.15) is 16.4 Å². The van der Waals surface area contributed by atoms with E-state index in [-0.39, 0.29) is 11.7 Å². The van der Waals surface area contributed by atoms with Gasteiger partial charge in [-0.1, -0.05) is 59.5 Å². The zero-order chi connectivity index (χ0) is 19.2. The van der Waals surface area contributed by atoms with Crippen LogP contribution >= 0.6 is 23.1 Å². The Labute approximate surface area is 164 Å². The highest BCUT2D eigenvalue weighted by Gasteiger charge is 2.17. The summed E-state index contributed by atoms with van der Waals surface area (Å²) >= 11 is 2.56. The van der Waals surface area contributed by atoms with Gasteiger partial charge in [0.15, 0.2) is 4.34 Å². The highest BCUT2D eigenvalue weighted by atomic mass is 32.2. The molecule has 0 aliphatic heterocycles. The molecule has 0 saturated heterocycles. The van der Waals surface area contributed by atoms with Crippen LogP contribution < -0.4 is 15.8 Å². The number of nitrogens with two attached hydrogens (primary N) is 1. The molecular weight excluding hydrogens is 382 g/mol. The van der Waals surface area contributed by atoms with Crippen LogP contribution in [0.25, 0.3) is 11.3 Å². The molecule has 8 heteroatoms. The Balaban J connectivity index is 1.90. The molecule has 2 aromatic carbocycles.